The van der Waals surface area contributed by atoms with E-state index in [0.717, 1.165) is 59.7 Å². The number of hydrogen-bond acceptors (Lipinski definition) is 5. The van der Waals surface area contributed by atoms with Gasteiger partial charge in [-0.15, -0.1) is 6.58 Å². The molecule has 0 saturated carbocycles. The number of aromatic nitrogens is 1. The molecule has 2 aromatic rings. The van der Waals surface area contributed by atoms with Crippen LogP contribution < -0.4 is 5.32 Å². The molecule has 166 valence electrons. The van der Waals surface area contributed by atoms with Crippen molar-refractivity contribution in [1.82, 2.24) is 4.98 Å². The molecule has 0 aliphatic carbocycles. The highest BCUT2D eigenvalue weighted by Crippen LogP contribution is 2.31. The van der Waals surface area contributed by atoms with E-state index < -0.39 is 0 Å². The largest absolute Gasteiger partial charge is 0.379 e. The van der Waals surface area contributed by atoms with Crippen LogP contribution in [0.15, 0.2) is 54.2 Å². The first-order valence-corrected chi connectivity index (χ1v) is 10.8. The van der Waals surface area contributed by atoms with Gasteiger partial charge in [-0.05, 0) is 70.7 Å². The van der Waals surface area contributed by atoms with Crippen LogP contribution in [-0.2, 0) is 4.74 Å². The molecule has 0 bridgehead atoms. The molecule has 1 aromatic heterocycles. The lowest BCUT2D eigenvalue weighted by Crippen LogP contribution is -2.18. The molecule has 0 spiro atoms. The topological polar surface area (TPSA) is 63.6 Å². The van der Waals surface area contributed by atoms with E-state index in [9.17, 15) is 4.79 Å². The number of nitrogens with one attached hydrogen (secondary N) is 1. The Kier molecular flexibility index (Phi) is 9.13. The quantitative estimate of drug-likeness (QED) is 0.421. The van der Waals surface area contributed by atoms with E-state index >= 15 is 0 Å². The molecule has 1 aliphatic rings. The average molecular weight is 422 g/mol. The molecule has 5 heteroatoms. The summed E-state index contributed by atoms with van der Waals surface area (Å²) >= 11 is 0. The van der Waals surface area contributed by atoms with Crippen molar-refractivity contribution in [3.05, 3.63) is 65.9 Å². The number of ether oxygens (including phenoxy) is 1. The summed E-state index contributed by atoms with van der Waals surface area (Å²) in [5, 5.41) is 3.38. The van der Waals surface area contributed by atoms with Crippen LogP contribution in [0.3, 0.4) is 0 Å². The van der Waals surface area contributed by atoms with Gasteiger partial charge in [-0.25, -0.2) is 4.98 Å². The number of anilines is 1. The number of ketones is 1. The number of hydrogen-bond donors (Lipinski definition) is 1. The molecule has 2 heterocycles. The SMILES string of the molecule is C=CCCCCNc1ncccc1C1=Nc2cccc(C)c2C(=O)C1.COC(C)(C)C. The summed E-state index contributed by atoms with van der Waals surface area (Å²) in [6, 6.07) is 9.66. The molecule has 0 saturated heterocycles. The maximum atomic E-state index is 12.6. The summed E-state index contributed by atoms with van der Waals surface area (Å²) < 4.78 is 4.94. The Morgan fingerprint density at radius 2 is 1.94 bits per heavy atom. The molecule has 0 unspecified atom stereocenters. The molecule has 0 amide bonds. The lowest BCUT2D eigenvalue weighted by molar-refractivity contribution is 0.0397. The van der Waals surface area contributed by atoms with E-state index in [1.165, 1.54) is 0 Å². The maximum Gasteiger partial charge on any atom is 0.171 e. The lowest BCUT2D eigenvalue weighted by Gasteiger charge is -2.18. The van der Waals surface area contributed by atoms with Gasteiger partial charge in [0.15, 0.2) is 5.78 Å². The molecule has 31 heavy (non-hydrogen) atoms. The van der Waals surface area contributed by atoms with E-state index in [-0.39, 0.29) is 11.4 Å². The van der Waals surface area contributed by atoms with E-state index in [4.69, 9.17) is 9.73 Å². The number of fused-ring (bicyclic) bond motifs is 1. The van der Waals surface area contributed by atoms with Gasteiger partial charge < -0.3 is 10.1 Å². The molecule has 1 aliphatic heterocycles. The smallest absolute Gasteiger partial charge is 0.171 e. The van der Waals surface area contributed by atoms with Crippen molar-refractivity contribution >= 4 is 23.0 Å². The Balaban J connectivity index is 0.000000501. The molecule has 0 radical (unpaired) electrons. The standard InChI is InChI=1S/C21H23N3O.C5H12O/c1-3-4-5-6-12-22-21-16(10-8-13-23-21)18-14-19(25)20-15(2)9-7-11-17(20)24-18;1-5(2,3)6-4/h3,7-11,13H,1,4-6,12,14H2,2H3,(H,22,23);1-4H3. The van der Waals surface area contributed by atoms with Crippen LogP contribution in [0.4, 0.5) is 11.5 Å². The number of Topliss-reactive ketones (excluding diaryl/α,β-unsaturated/α-hetero) is 1. The van der Waals surface area contributed by atoms with Gasteiger partial charge >= 0.3 is 0 Å². The fraction of sp³-hybridized carbons (Fsp3) is 0.423. The molecular formula is C26H35N3O2. The lowest BCUT2D eigenvalue weighted by atomic mass is 9.93. The Bertz CT molecular complexity index is 926. The van der Waals surface area contributed by atoms with E-state index in [1.54, 1.807) is 13.3 Å². The molecule has 0 atom stereocenters. The summed E-state index contributed by atoms with van der Waals surface area (Å²) in [6.45, 7) is 12.6. The first-order valence-electron chi connectivity index (χ1n) is 10.8. The van der Waals surface area contributed by atoms with Crippen molar-refractivity contribution in [2.45, 2.75) is 59.0 Å². The predicted molar refractivity (Wildman–Crippen MR) is 130 cm³/mol. The number of benzene rings is 1. The number of nitrogens with zero attached hydrogens (tertiary/aromatic N) is 2. The van der Waals surface area contributed by atoms with Gasteiger partial charge in [0.1, 0.15) is 5.82 Å². The van der Waals surface area contributed by atoms with E-state index in [0.29, 0.717) is 6.42 Å². The van der Waals surface area contributed by atoms with Crippen LogP contribution in [0.25, 0.3) is 0 Å². The normalized spacial score (nSPS) is 12.9. The van der Waals surface area contributed by atoms with Gasteiger partial charge in [0.05, 0.1) is 23.4 Å². The highest BCUT2D eigenvalue weighted by molar-refractivity contribution is 6.22. The monoisotopic (exact) mass is 421 g/mol. The second kappa shape index (κ2) is 11.6. The number of rotatable bonds is 7. The zero-order valence-corrected chi connectivity index (χ0v) is 19.5. The van der Waals surface area contributed by atoms with Crippen LogP contribution in [0.1, 0.15) is 67.9 Å². The van der Waals surface area contributed by atoms with Crippen LogP contribution >= 0.6 is 0 Å². The van der Waals surface area contributed by atoms with Crippen molar-refractivity contribution in [2.75, 3.05) is 19.0 Å². The minimum atomic E-state index is 0.0417. The van der Waals surface area contributed by atoms with Crippen LogP contribution in [0, 0.1) is 6.92 Å². The average Bonchev–Trinajstić information content (AvgIpc) is 2.73. The summed E-state index contributed by atoms with van der Waals surface area (Å²) in [6.07, 6.45) is 7.19. The van der Waals surface area contributed by atoms with Crippen molar-refractivity contribution in [3.63, 3.8) is 0 Å². The minimum absolute atomic E-state index is 0.0417. The number of carbonyl (C=O) groups is 1. The van der Waals surface area contributed by atoms with Crippen LogP contribution in [0.5, 0.6) is 0 Å². The number of carbonyl (C=O) groups excluding carboxylic acids is 1. The number of aliphatic imine (C=N–C) groups is 1. The Morgan fingerprint density at radius 1 is 1.19 bits per heavy atom. The maximum absolute atomic E-state index is 12.6. The van der Waals surface area contributed by atoms with Crippen LogP contribution in [0.2, 0.25) is 0 Å². The van der Waals surface area contributed by atoms with Gasteiger partial charge in [-0.3, -0.25) is 9.79 Å². The number of pyridine rings is 1. The van der Waals surface area contributed by atoms with Gasteiger partial charge in [0, 0.05) is 31.0 Å². The Hall–Kier alpha value is -2.79. The highest BCUT2D eigenvalue weighted by atomic mass is 16.5. The van der Waals surface area contributed by atoms with E-state index in [2.05, 4.69) is 16.9 Å². The van der Waals surface area contributed by atoms with Crippen molar-refractivity contribution in [3.8, 4) is 0 Å². The van der Waals surface area contributed by atoms with Crippen molar-refractivity contribution in [1.29, 1.82) is 0 Å². The first kappa shape index (κ1) is 24.5. The first-order chi connectivity index (χ1) is 14.8. The summed E-state index contributed by atoms with van der Waals surface area (Å²) in [7, 11) is 1.71. The second-order valence-corrected chi connectivity index (χ2v) is 8.55. The van der Waals surface area contributed by atoms with Gasteiger partial charge in [-0.2, -0.15) is 0 Å². The third kappa shape index (κ3) is 7.44. The number of allylic oxidation sites excluding steroid dienone is 1. The third-order valence-corrected chi connectivity index (χ3v) is 4.97. The van der Waals surface area contributed by atoms with Crippen LogP contribution in [-0.4, -0.2) is 35.7 Å². The fourth-order valence-electron chi connectivity index (χ4n) is 3.09. The number of unbranched alkanes of at least 4 members (excludes halogenated alkanes) is 2. The minimum Gasteiger partial charge on any atom is -0.379 e. The molecule has 1 aromatic carbocycles. The second-order valence-electron chi connectivity index (χ2n) is 8.55. The Labute approximate surface area is 186 Å². The summed E-state index contributed by atoms with van der Waals surface area (Å²) in [5.41, 5.74) is 4.22. The third-order valence-electron chi connectivity index (χ3n) is 4.97. The fourth-order valence-corrected chi connectivity index (χ4v) is 3.09. The number of methoxy groups -OCH3 is 1. The summed E-state index contributed by atoms with van der Waals surface area (Å²) in [4.78, 5) is 21.8. The summed E-state index contributed by atoms with van der Waals surface area (Å²) in [5.74, 6) is 0.919. The van der Waals surface area contributed by atoms with Gasteiger partial charge in [-0.1, -0.05) is 18.2 Å². The van der Waals surface area contributed by atoms with Crippen molar-refractivity contribution in [2.24, 2.45) is 4.99 Å². The molecule has 5 nitrogen and oxygen atoms in total. The zero-order chi connectivity index (χ0) is 22.9. The van der Waals surface area contributed by atoms with E-state index in [1.807, 2.05) is 64.1 Å². The van der Waals surface area contributed by atoms with Gasteiger partial charge in [0.2, 0.25) is 0 Å². The van der Waals surface area contributed by atoms with Crippen molar-refractivity contribution < 1.29 is 9.53 Å². The predicted octanol–water partition coefficient (Wildman–Crippen LogP) is 6.30. The van der Waals surface area contributed by atoms with Gasteiger partial charge in [0.25, 0.3) is 0 Å². The molecule has 0 fully saturated rings. The zero-order valence-electron chi connectivity index (χ0n) is 19.5. The highest BCUT2D eigenvalue weighted by Gasteiger charge is 2.24. The molecule has 1 N–H and O–H groups in total. The molecule has 3 rings (SSSR count). The Morgan fingerprint density at radius 3 is 2.61 bits per heavy atom. The molecular weight excluding hydrogens is 386 g/mol. The number of aryl methyl sites for hydroxylation is 1.